The van der Waals surface area contributed by atoms with Gasteiger partial charge in [-0.2, -0.15) is 0 Å². The number of carboxylic acids is 1. The van der Waals surface area contributed by atoms with Crippen LogP contribution in [0, 0.1) is 0 Å². The maximum absolute atomic E-state index is 12.8. The van der Waals surface area contributed by atoms with Crippen LogP contribution in [0.5, 0.6) is 5.75 Å². The third-order valence-corrected chi connectivity index (χ3v) is 5.48. The van der Waals surface area contributed by atoms with E-state index in [4.69, 9.17) is 8.83 Å². The lowest BCUT2D eigenvalue weighted by molar-refractivity contribution is -0.139. The second-order valence-corrected chi connectivity index (χ2v) is 7.57. The van der Waals surface area contributed by atoms with E-state index in [0.29, 0.717) is 33.6 Å². The third-order valence-electron chi connectivity index (χ3n) is 5.48. The monoisotopic (exact) mass is 448 g/mol. The first-order valence-corrected chi connectivity index (χ1v) is 10.5. The van der Waals surface area contributed by atoms with Gasteiger partial charge >= 0.3 is 5.97 Å². The molecular weight excluding hydrogens is 424 g/mol. The van der Waals surface area contributed by atoms with Crippen LogP contribution in [0.25, 0.3) is 22.3 Å². The van der Waals surface area contributed by atoms with Crippen molar-refractivity contribution in [2.75, 3.05) is 13.6 Å². The maximum Gasteiger partial charge on any atom is 0.321 e. The summed E-state index contributed by atoms with van der Waals surface area (Å²) < 4.78 is 11.3. The summed E-state index contributed by atoms with van der Waals surface area (Å²) in [4.78, 5) is 24.5. The smallest absolute Gasteiger partial charge is 0.321 e. The van der Waals surface area contributed by atoms with Crippen LogP contribution in [0.2, 0.25) is 0 Å². The zero-order valence-corrected chi connectivity index (χ0v) is 18.0. The highest BCUT2D eigenvalue weighted by molar-refractivity contribution is 6.12. The van der Waals surface area contributed by atoms with Gasteiger partial charge < -0.3 is 29.7 Å². The SMILES string of the molecule is CNC(=O)c1c(-c2ccccc2)oc2ccc(O)c(CCN[C@@H](Cc3ccco3)C(=O)O)c12. The molecule has 8 nitrogen and oxygen atoms in total. The van der Waals surface area contributed by atoms with Gasteiger partial charge in [-0.25, -0.2) is 0 Å². The van der Waals surface area contributed by atoms with Crippen molar-refractivity contribution in [1.29, 1.82) is 0 Å². The minimum Gasteiger partial charge on any atom is -0.508 e. The van der Waals surface area contributed by atoms with Crippen LogP contribution >= 0.6 is 0 Å². The van der Waals surface area contributed by atoms with E-state index in [2.05, 4.69) is 10.6 Å². The summed E-state index contributed by atoms with van der Waals surface area (Å²) in [6.07, 6.45) is 1.96. The second kappa shape index (κ2) is 9.62. The molecule has 0 saturated carbocycles. The topological polar surface area (TPSA) is 125 Å². The first kappa shape index (κ1) is 22.2. The Morgan fingerprint density at radius 3 is 2.52 bits per heavy atom. The molecule has 8 heteroatoms. The van der Waals surface area contributed by atoms with Crippen molar-refractivity contribution in [2.24, 2.45) is 0 Å². The van der Waals surface area contributed by atoms with E-state index < -0.39 is 12.0 Å². The molecule has 0 spiro atoms. The number of phenols is 1. The fourth-order valence-electron chi connectivity index (χ4n) is 3.88. The molecule has 33 heavy (non-hydrogen) atoms. The van der Waals surface area contributed by atoms with Gasteiger partial charge in [0, 0.05) is 36.5 Å². The van der Waals surface area contributed by atoms with Crippen LogP contribution in [0.4, 0.5) is 0 Å². The predicted molar refractivity (Wildman–Crippen MR) is 122 cm³/mol. The highest BCUT2D eigenvalue weighted by Gasteiger charge is 2.25. The molecule has 1 amide bonds. The number of aromatic hydroxyl groups is 1. The molecule has 0 saturated heterocycles. The lowest BCUT2D eigenvalue weighted by Gasteiger charge is -2.14. The van der Waals surface area contributed by atoms with Crippen molar-refractivity contribution in [2.45, 2.75) is 18.9 Å². The number of amides is 1. The summed E-state index contributed by atoms with van der Waals surface area (Å²) in [5.74, 6) is -0.369. The summed E-state index contributed by atoms with van der Waals surface area (Å²) in [6.45, 7) is 0.253. The van der Waals surface area contributed by atoms with Gasteiger partial charge in [-0.15, -0.1) is 0 Å². The number of aliphatic carboxylic acids is 1. The molecule has 0 aliphatic rings. The Morgan fingerprint density at radius 2 is 1.85 bits per heavy atom. The number of hydrogen-bond donors (Lipinski definition) is 4. The van der Waals surface area contributed by atoms with E-state index in [1.54, 1.807) is 18.2 Å². The molecule has 0 aliphatic carbocycles. The largest absolute Gasteiger partial charge is 0.508 e. The average Bonchev–Trinajstić information content (AvgIpc) is 3.47. The number of hydrogen-bond acceptors (Lipinski definition) is 6. The first-order chi connectivity index (χ1) is 16.0. The molecule has 0 fully saturated rings. The third kappa shape index (κ3) is 4.61. The van der Waals surface area contributed by atoms with Gasteiger partial charge in [-0.05, 0) is 30.7 Å². The van der Waals surface area contributed by atoms with Gasteiger partial charge in [0.2, 0.25) is 0 Å². The second-order valence-electron chi connectivity index (χ2n) is 7.57. The van der Waals surface area contributed by atoms with Crippen LogP contribution in [-0.4, -0.2) is 41.7 Å². The van der Waals surface area contributed by atoms with Gasteiger partial charge in [-0.3, -0.25) is 9.59 Å². The van der Waals surface area contributed by atoms with Gasteiger partial charge in [0.15, 0.2) is 0 Å². The van der Waals surface area contributed by atoms with Crippen molar-refractivity contribution in [1.82, 2.24) is 10.6 Å². The van der Waals surface area contributed by atoms with Crippen LogP contribution in [0.1, 0.15) is 21.7 Å². The van der Waals surface area contributed by atoms with Crippen LogP contribution in [0.15, 0.2) is 69.7 Å². The summed E-state index contributed by atoms with van der Waals surface area (Å²) in [7, 11) is 1.53. The van der Waals surface area contributed by atoms with E-state index in [0.717, 1.165) is 5.56 Å². The van der Waals surface area contributed by atoms with Crippen molar-refractivity contribution < 1.29 is 28.6 Å². The number of phenolic OH excluding ortho intramolecular Hbond substituents is 1. The van der Waals surface area contributed by atoms with Crippen LogP contribution < -0.4 is 10.6 Å². The van der Waals surface area contributed by atoms with E-state index in [-0.39, 0.29) is 31.0 Å². The molecule has 170 valence electrons. The number of nitrogens with one attached hydrogen (secondary N) is 2. The normalized spacial score (nSPS) is 12.0. The number of carbonyl (C=O) groups excluding carboxylic acids is 1. The van der Waals surface area contributed by atoms with Crippen molar-refractivity contribution >= 4 is 22.8 Å². The molecule has 4 rings (SSSR count). The first-order valence-electron chi connectivity index (χ1n) is 10.5. The van der Waals surface area contributed by atoms with Gasteiger partial charge in [0.1, 0.15) is 28.9 Å². The molecule has 1 atom stereocenters. The lowest BCUT2D eigenvalue weighted by atomic mass is 9.98. The van der Waals surface area contributed by atoms with E-state index in [1.165, 1.54) is 19.4 Å². The Bertz CT molecular complexity index is 1260. The van der Waals surface area contributed by atoms with Crippen LogP contribution in [-0.2, 0) is 17.6 Å². The number of benzene rings is 2. The van der Waals surface area contributed by atoms with Crippen molar-refractivity contribution in [3.8, 4) is 17.1 Å². The highest BCUT2D eigenvalue weighted by Crippen LogP contribution is 2.38. The number of rotatable bonds is 9. The summed E-state index contributed by atoms with van der Waals surface area (Å²) >= 11 is 0. The lowest BCUT2D eigenvalue weighted by Crippen LogP contribution is -2.39. The molecular formula is C25H24N2O6. The number of fused-ring (bicyclic) bond motifs is 1. The van der Waals surface area contributed by atoms with Crippen molar-refractivity contribution in [3.05, 3.63) is 77.7 Å². The van der Waals surface area contributed by atoms with Gasteiger partial charge in [0.25, 0.3) is 5.91 Å². The molecule has 2 aromatic heterocycles. The van der Waals surface area contributed by atoms with Crippen LogP contribution in [0.3, 0.4) is 0 Å². The fourth-order valence-corrected chi connectivity index (χ4v) is 3.88. The zero-order valence-electron chi connectivity index (χ0n) is 18.0. The number of carboxylic acid groups (broad SMARTS) is 1. The summed E-state index contributed by atoms with van der Waals surface area (Å²) in [5, 5.41) is 26.3. The molecule has 0 bridgehead atoms. The number of furan rings is 2. The minimum absolute atomic E-state index is 0.00720. The molecule has 4 aromatic rings. The van der Waals surface area contributed by atoms with Gasteiger partial charge in [0.05, 0.1) is 11.8 Å². The Morgan fingerprint density at radius 1 is 1.06 bits per heavy atom. The molecule has 0 unspecified atom stereocenters. The quantitative estimate of drug-likeness (QED) is 0.308. The Labute approximate surface area is 189 Å². The minimum atomic E-state index is -1.01. The number of carbonyl (C=O) groups is 2. The molecule has 4 N–H and O–H groups in total. The van der Waals surface area contributed by atoms with E-state index in [9.17, 15) is 19.8 Å². The standard InChI is InChI=1S/C25H24N2O6/c1-26-24(29)22-21-17(11-12-27-18(25(30)31)14-16-8-5-13-32-16)19(28)9-10-20(21)33-23(22)15-6-3-2-4-7-15/h2-10,13,18,27-28H,11-12,14H2,1H3,(H,26,29)(H,30,31)/t18-/m0/s1. The van der Waals surface area contributed by atoms with Crippen molar-refractivity contribution in [3.63, 3.8) is 0 Å². The fraction of sp³-hybridized carbons (Fsp3) is 0.200. The summed E-state index contributed by atoms with van der Waals surface area (Å²) in [5.41, 5.74) is 2.03. The maximum atomic E-state index is 12.8. The zero-order chi connectivity index (χ0) is 23.4. The van der Waals surface area contributed by atoms with Gasteiger partial charge in [-0.1, -0.05) is 30.3 Å². The average molecular weight is 448 g/mol. The predicted octanol–water partition coefficient (Wildman–Crippen LogP) is 3.59. The molecule has 0 radical (unpaired) electrons. The highest BCUT2D eigenvalue weighted by atomic mass is 16.4. The summed E-state index contributed by atoms with van der Waals surface area (Å²) in [6, 6.07) is 15.0. The van der Waals surface area contributed by atoms with E-state index in [1.807, 2.05) is 30.3 Å². The molecule has 0 aliphatic heterocycles. The Hall–Kier alpha value is -4.04. The van der Waals surface area contributed by atoms with E-state index >= 15 is 0 Å². The Kier molecular flexibility index (Phi) is 6.46. The molecule has 2 heterocycles. The Balaban J connectivity index is 1.67. The molecule has 2 aromatic carbocycles.